The molecule has 1 saturated heterocycles. The predicted molar refractivity (Wildman–Crippen MR) is 67.0 cm³/mol. The highest BCUT2D eigenvalue weighted by molar-refractivity contribution is 5.74. The maximum Gasteiger partial charge on any atom is 0.150 e. The third-order valence-corrected chi connectivity index (χ3v) is 2.44. The van der Waals surface area contributed by atoms with E-state index in [9.17, 15) is 4.79 Å². The molecule has 2 heteroatoms. The third-order valence-electron chi connectivity index (χ3n) is 2.44. The normalized spacial score (nSPS) is 16.6. The fourth-order valence-electron chi connectivity index (χ4n) is 1.44. The summed E-state index contributed by atoms with van der Waals surface area (Å²) in [4.78, 5) is 10.0. The molecule has 1 aliphatic heterocycles. The molecule has 0 amide bonds. The van der Waals surface area contributed by atoms with Gasteiger partial charge in [0.1, 0.15) is 12.4 Å². The first-order chi connectivity index (χ1) is 8.40. The number of carbonyl (C=O) groups excluding carboxylic acids is 1. The van der Waals surface area contributed by atoms with Gasteiger partial charge >= 0.3 is 0 Å². The molecule has 1 unspecified atom stereocenters. The minimum Gasteiger partial charge on any atom is -0.368 e. The standard InChI is InChI=1S/C8H8O.C7H6O/c1-2-4-7(5-3-1)8-6-9-8;8-6-7-4-2-1-3-5-7/h1-5,8H,6H2;1-6H. The van der Waals surface area contributed by atoms with Crippen LogP contribution < -0.4 is 0 Å². The van der Waals surface area contributed by atoms with E-state index in [1.54, 1.807) is 12.1 Å². The van der Waals surface area contributed by atoms with Gasteiger partial charge in [-0.15, -0.1) is 0 Å². The van der Waals surface area contributed by atoms with Crippen LogP contribution >= 0.6 is 0 Å². The molecule has 0 N–H and O–H groups in total. The van der Waals surface area contributed by atoms with Gasteiger partial charge in [-0.2, -0.15) is 0 Å². The fourth-order valence-corrected chi connectivity index (χ4v) is 1.44. The van der Waals surface area contributed by atoms with Crippen molar-refractivity contribution in [2.45, 2.75) is 6.10 Å². The van der Waals surface area contributed by atoms with Gasteiger partial charge < -0.3 is 4.74 Å². The molecule has 17 heavy (non-hydrogen) atoms. The Hall–Kier alpha value is -1.93. The number of benzene rings is 2. The Morgan fingerprint density at radius 3 is 1.88 bits per heavy atom. The quantitative estimate of drug-likeness (QED) is 0.581. The van der Waals surface area contributed by atoms with Crippen molar-refractivity contribution in [1.82, 2.24) is 0 Å². The van der Waals surface area contributed by atoms with Crippen LogP contribution in [-0.4, -0.2) is 12.9 Å². The van der Waals surface area contributed by atoms with Crippen LogP contribution in [0.2, 0.25) is 0 Å². The van der Waals surface area contributed by atoms with Gasteiger partial charge in [-0.05, 0) is 5.56 Å². The Labute approximate surface area is 101 Å². The van der Waals surface area contributed by atoms with E-state index in [2.05, 4.69) is 12.1 Å². The number of carbonyl (C=O) groups is 1. The van der Waals surface area contributed by atoms with Gasteiger partial charge in [-0.3, -0.25) is 4.79 Å². The van der Waals surface area contributed by atoms with Gasteiger partial charge in [-0.25, -0.2) is 0 Å². The summed E-state index contributed by atoms with van der Waals surface area (Å²) in [6.07, 6.45) is 1.24. The zero-order valence-electron chi connectivity index (χ0n) is 9.45. The van der Waals surface area contributed by atoms with Gasteiger partial charge in [0.25, 0.3) is 0 Å². The molecule has 1 fully saturated rings. The SMILES string of the molecule is O=Cc1ccccc1.c1ccc(C2CO2)cc1. The molecule has 0 spiro atoms. The van der Waals surface area contributed by atoms with Gasteiger partial charge in [-0.1, -0.05) is 60.7 Å². The van der Waals surface area contributed by atoms with Gasteiger partial charge in [0.05, 0.1) is 6.61 Å². The number of aldehydes is 1. The van der Waals surface area contributed by atoms with Crippen LogP contribution in [0.1, 0.15) is 22.0 Å². The van der Waals surface area contributed by atoms with Crippen LogP contribution in [0.5, 0.6) is 0 Å². The van der Waals surface area contributed by atoms with E-state index in [0.29, 0.717) is 6.10 Å². The minimum atomic E-state index is 0.409. The summed E-state index contributed by atoms with van der Waals surface area (Å²) in [5.74, 6) is 0. The van der Waals surface area contributed by atoms with Gasteiger partial charge in [0.2, 0.25) is 0 Å². The Kier molecular flexibility index (Phi) is 4.05. The monoisotopic (exact) mass is 226 g/mol. The van der Waals surface area contributed by atoms with Crippen molar-refractivity contribution in [1.29, 1.82) is 0 Å². The average Bonchev–Trinajstić information content (AvgIpc) is 3.26. The first kappa shape index (κ1) is 11.6. The minimum absolute atomic E-state index is 0.409. The Morgan fingerprint density at radius 2 is 1.47 bits per heavy atom. The van der Waals surface area contributed by atoms with Gasteiger partial charge in [0.15, 0.2) is 0 Å². The van der Waals surface area contributed by atoms with Crippen molar-refractivity contribution in [3.63, 3.8) is 0 Å². The molecule has 0 aliphatic carbocycles. The molecular weight excluding hydrogens is 212 g/mol. The lowest BCUT2D eigenvalue weighted by Gasteiger charge is -1.89. The zero-order valence-corrected chi connectivity index (χ0v) is 9.45. The topological polar surface area (TPSA) is 29.6 Å². The van der Waals surface area contributed by atoms with E-state index >= 15 is 0 Å². The number of hydrogen-bond acceptors (Lipinski definition) is 2. The lowest BCUT2D eigenvalue weighted by molar-refractivity contribution is 0.112. The van der Waals surface area contributed by atoms with E-state index < -0.39 is 0 Å². The van der Waals surface area contributed by atoms with Crippen LogP contribution in [0, 0.1) is 0 Å². The molecule has 3 rings (SSSR count). The highest BCUT2D eigenvalue weighted by Crippen LogP contribution is 2.28. The molecule has 1 atom stereocenters. The maximum atomic E-state index is 10.0. The van der Waals surface area contributed by atoms with Crippen molar-refractivity contribution in [2.24, 2.45) is 0 Å². The lowest BCUT2D eigenvalue weighted by atomic mass is 10.2. The molecule has 2 aromatic carbocycles. The smallest absolute Gasteiger partial charge is 0.150 e. The summed E-state index contributed by atoms with van der Waals surface area (Å²) < 4.78 is 5.09. The molecule has 2 nitrogen and oxygen atoms in total. The van der Waals surface area contributed by atoms with Crippen LogP contribution in [0.4, 0.5) is 0 Å². The summed E-state index contributed by atoms with van der Waals surface area (Å²) in [5, 5.41) is 0. The molecular formula is C15H14O2. The number of rotatable bonds is 2. The summed E-state index contributed by atoms with van der Waals surface area (Å²) in [7, 11) is 0. The van der Waals surface area contributed by atoms with Crippen molar-refractivity contribution < 1.29 is 9.53 Å². The fraction of sp³-hybridized carbons (Fsp3) is 0.133. The Balaban J connectivity index is 0.000000128. The Bertz CT molecular complexity index is 447. The summed E-state index contributed by atoms with van der Waals surface area (Å²) in [5.41, 5.74) is 2.03. The number of ether oxygens (including phenoxy) is 1. The van der Waals surface area contributed by atoms with Gasteiger partial charge in [0, 0.05) is 5.56 Å². The molecule has 0 radical (unpaired) electrons. The van der Waals surface area contributed by atoms with E-state index in [-0.39, 0.29) is 0 Å². The van der Waals surface area contributed by atoms with E-state index in [4.69, 9.17) is 4.74 Å². The maximum absolute atomic E-state index is 10.0. The molecule has 0 aromatic heterocycles. The zero-order chi connectivity index (χ0) is 11.9. The second-order valence-corrected chi connectivity index (χ2v) is 3.76. The molecule has 1 aliphatic rings. The lowest BCUT2D eigenvalue weighted by Crippen LogP contribution is -1.75. The van der Waals surface area contributed by atoms with Crippen molar-refractivity contribution >= 4 is 6.29 Å². The van der Waals surface area contributed by atoms with E-state index in [0.717, 1.165) is 18.5 Å². The van der Waals surface area contributed by atoms with E-state index in [1.165, 1.54) is 5.56 Å². The second kappa shape index (κ2) is 5.97. The van der Waals surface area contributed by atoms with Crippen molar-refractivity contribution in [2.75, 3.05) is 6.61 Å². The molecule has 2 aromatic rings. The largest absolute Gasteiger partial charge is 0.368 e. The highest BCUT2D eigenvalue weighted by atomic mass is 16.6. The van der Waals surface area contributed by atoms with Crippen molar-refractivity contribution in [3.05, 3.63) is 71.8 Å². The first-order valence-corrected chi connectivity index (χ1v) is 5.57. The molecule has 86 valence electrons. The summed E-state index contributed by atoms with van der Waals surface area (Å²) >= 11 is 0. The van der Waals surface area contributed by atoms with E-state index in [1.807, 2.05) is 36.4 Å². The second-order valence-electron chi connectivity index (χ2n) is 3.76. The molecule has 1 heterocycles. The van der Waals surface area contributed by atoms with Crippen LogP contribution in [0.25, 0.3) is 0 Å². The summed E-state index contributed by atoms with van der Waals surface area (Å²) in [6.45, 7) is 0.907. The van der Waals surface area contributed by atoms with Crippen LogP contribution in [-0.2, 0) is 4.74 Å². The average molecular weight is 226 g/mol. The number of hydrogen-bond donors (Lipinski definition) is 0. The first-order valence-electron chi connectivity index (χ1n) is 5.57. The predicted octanol–water partition coefficient (Wildman–Crippen LogP) is 3.26. The third kappa shape index (κ3) is 3.85. The van der Waals surface area contributed by atoms with Crippen LogP contribution in [0.15, 0.2) is 60.7 Å². The highest BCUT2D eigenvalue weighted by Gasteiger charge is 2.23. The molecule has 0 saturated carbocycles. The van der Waals surface area contributed by atoms with Crippen LogP contribution in [0.3, 0.4) is 0 Å². The Morgan fingerprint density at radius 1 is 0.941 bits per heavy atom. The molecule has 0 bridgehead atoms. The number of epoxide rings is 1. The summed E-state index contributed by atoms with van der Waals surface area (Å²) in [6, 6.07) is 19.4. The van der Waals surface area contributed by atoms with Crippen molar-refractivity contribution in [3.8, 4) is 0 Å².